The molecule has 2 heterocycles. The number of nitrogens with zero attached hydrogens (tertiary/aromatic N) is 4. The molecule has 0 spiro atoms. The predicted molar refractivity (Wildman–Crippen MR) is 69.7 cm³/mol. The van der Waals surface area contributed by atoms with Gasteiger partial charge in [-0.25, -0.2) is 4.68 Å². The van der Waals surface area contributed by atoms with Crippen LogP contribution in [0.1, 0.15) is 12.0 Å². The van der Waals surface area contributed by atoms with Crippen LogP contribution in [-0.4, -0.2) is 32.7 Å². The van der Waals surface area contributed by atoms with E-state index in [1.165, 1.54) is 16.6 Å². The van der Waals surface area contributed by atoms with Crippen LogP contribution in [0.4, 0.5) is 11.4 Å². The molecule has 1 aliphatic heterocycles. The largest absolute Gasteiger partial charge is 0.385 e. The van der Waals surface area contributed by atoms with E-state index in [4.69, 9.17) is 0 Å². The number of hydrogen-bond acceptors (Lipinski definition) is 5. The lowest BCUT2D eigenvalue weighted by Gasteiger charge is -2.18. The summed E-state index contributed by atoms with van der Waals surface area (Å²) in [6.45, 7) is 1.13. The van der Waals surface area contributed by atoms with E-state index in [-0.39, 0.29) is 12.5 Å². The fourth-order valence-corrected chi connectivity index (χ4v) is 2.15. The summed E-state index contributed by atoms with van der Waals surface area (Å²) in [4.78, 5) is 11.8. The molecular formula is C12H14N6O. The maximum Gasteiger partial charge on any atom is 0.246 e. The lowest BCUT2D eigenvalue weighted by Crippen LogP contribution is -2.19. The number of aryl methyl sites for hydroxylation is 1. The number of nitrogens with one attached hydrogen (secondary N) is 2. The Kier molecular flexibility index (Phi) is 3.09. The lowest BCUT2D eigenvalue weighted by atomic mass is 10.0. The van der Waals surface area contributed by atoms with Crippen LogP contribution >= 0.6 is 0 Å². The Labute approximate surface area is 110 Å². The molecule has 0 fully saturated rings. The van der Waals surface area contributed by atoms with E-state index in [1.807, 2.05) is 18.2 Å². The van der Waals surface area contributed by atoms with Crippen molar-refractivity contribution in [3.05, 3.63) is 30.1 Å². The monoisotopic (exact) mass is 258 g/mol. The number of rotatable bonds is 3. The van der Waals surface area contributed by atoms with Crippen molar-refractivity contribution in [3.8, 4) is 0 Å². The molecule has 0 aliphatic carbocycles. The lowest BCUT2D eigenvalue weighted by molar-refractivity contribution is -0.116. The minimum atomic E-state index is -0.143. The summed E-state index contributed by atoms with van der Waals surface area (Å²) in [5.41, 5.74) is 3.21. The molecule has 0 bridgehead atoms. The summed E-state index contributed by atoms with van der Waals surface area (Å²) in [6.07, 6.45) is 3.57. The van der Waals surface area contributed by atoms with Gasteiger partial charge in [-0.1, -0.05) is 0 Å². The van der Waals surface area contributed by atoms with Crippen LogP contribution < -0.4 is 10.6 Å². The van der Waals surface area contributed by atoms with Crippen LogP contribution in [-0.2, 0) is 17.8 Å². The highest BCUT2D eigenvalue weighted by Crippen LogP contribution is 2.25. The third-order valence-corrected chi connectivity index (χ3v) is 3.02. The summed E-state index contributed by atoms with van der Waals surface area (Å²) in [5.74, 6) is -0.143. The van der Waals surface area contributed by atoms with Crippen molar-refractivity contribution in [2.45, 2.75) is 19.4 Å². The fourth-order valence-electron chi connectivity index (χ4n) is 2.15. The van der Waals surface area contributed by atoms with Gasteiger partial charge in [-0.15, -0.1) is 5.10 Å². The van der Waals surface area contributed by atoms with Crippen LogP contribution in [0.3, 0.4) is 0 Å². The SMILES string of the molecule is O=C(Cn1cnnn1)Nc1ccc2c(c1)CCCN2. The number of anilines is 2. The molecule has 2 N–H and O–H groups in total. The highest BCUT2D eigenvalue weighted by molar-refractivity contribution is 5.90. The molecule has 1 amide bonds. The second kappa shape index (κ2) is 5.05. The van der Waals surface area contributed by atoms with Gasteiger partial charge in [-0.3, -0.25) is 4.79 Å². The van der Waals surface area contributed by atoms with Crippen molar-refractivity contribution in [2.24, 2.45) is 0 Å². The van der Waals surface area contributed by atoms with E-state index >= 15 is 0 Å². The number of carbonyl (C=O) groups is 1. The van der Waals surface area contributed by atoms with Gasteiger partial charge in [0, 0.05) is 17.9 Å². The second-order valence-corrected chi connectivity index (χ2v) is 4.46. The molecule has 0 atom stereocenters. The van der Waals surface area contributed by atoms with Crippen molar-refractivity contribution in [3.63, 3.8) is 0 Å². The molecule has 0 unspecified atom stereocenters. The van der Waals surface area contributed by atoms with E-state index in [9.17, 15) is 4.79 Å². The van der Waals surface area contributed by atoms with Gasteiger partial charge >= 0.3 is 0 Å². The molecule has 98 valence electrons. The molecular weight excluding hydrogens is 244 g/mol. The number of aromatic nitrogens is 4. The van der Waals surface area contributed by atoms with E-state index in [1.54, 1.807) is 0 Å². The minimum Gasteiger partial charge on any atom is -0.385 e. The molecule has 2 aromatic rings. The summed E-state index contributed by atoms with van der Waals surface area (Å²) in [7, 11) is 0. The maximum absolute atomic E-state index is 11.8. The van der Waals surface area contributed by atoms with Gasteiger partial charge in [-0.2, -0.15) is 0 Å². The Bertz CT molecular complexity index is 580. The van der Waals surface area contributed by atoms with Crippen LogP contribution in [0.15, 0.2) is 24.5 Å². The summed E-state index contributed by atoms with van der Waals surface area (Å²) < 4.78 is 1.38. The van der Waals surface area contributed by atoms with Crippen LogP contribution in [0.2, 0.25) is 0 Å². The molecule has 0 radical (unpaired) electrons. The zero-order valence-electron chi connectivity index (χ0n) is 10.3. The quantitative estimate of drug-likeness (QED) is 0.845. The Morgan fingerprint density at radius 1 is 1.47 bits per heavy atom. The molecule has 1 aliphatic rings. The van der Waals surface area contributed by atoms with Crippen LogP contribution in [0, 0.1) is 0 Å². The number of amides is 1. The van der Waals surface area contributed by atoms with E-state index in [0.717, 1.165) is 30.8 Å². The summed E-state index contributed by atoms with van der Waals surface area (Å²) in [5, 5.41) is 16.8. The van der Waals surface area contributed by atoms with Crippen LogP contribution in [0.5, 0.6) is 0 Å². The van der Waals surface area contributed by atoms with Gasteiger partial charge in [0.25, 0.3) is 0 Å². The highest BCUT2D eigenvalue weighted by atomic mass is 16.2. The third-order valence-electron chi connectivity index (χ3n) is 3.02. The number of tetrazole rings is 1. The number of carbonyl (C=O) groups excluding carboxylic acids is 1. The highest BCUT2D eigenvalue weighted by Gasteiger charge is 2.10. The molecule has 1 aromatic heterocycles. The second-order valence-electron chi connectivity index (χ2n) is 4.46. The van der Waals surface area contributed by atoms with Gasteiger partial charge in [0.1, 0.15) is 12.9 Å². The molecule has 3 rings (SSSR count). The molecule has 19 heavy (non-hydrogen) atoms. The fraction of sp³-hybridized carbons (Fsp3) is 0.333. The molecule has 1 aromatic carbocycles. The first-order valence-electron chi connectivity index (χ1n) is 6.19. The Hall–Kier alpha value is -2.44. The summed E-state index contributed by atoms with van der Waals surface area (Å²) in [6, 6.07) is 5.91. The van der Waals surface area contributed by atoms with E-state index < -0.39 is 0 Å². The van der Waals surface area contributed by atoms with Gasteiger partial charge in [0.05, 0.1) is 0 Å². The molecule has 0 saturated heterocycles. The Morgan fingerprint density at radius 2 is 2.42 bits per heavy atom. The van der Waals surface area contributed by atoms with Crippen molar-refractivity contribution in [1.29, 1.82) is 0 Å². The van der Waals surface area contributed by atoms with Gasteiger partial charge in [0.15, 0.2) is 0 Å². The van der Waals surface area contributed by atoms with Gasteiger partial charge in [0.2, 0.25) is 5.91 Å². The standard InChI is InChI=1S/C12H14N6O/c19-12(7-18-8-14-16-17-18)15-10-3-4-11-9(6-10)2-1-5-13-11/h3-4,6,8,13H,1-2,5,7H2,(H,15,19). The number of fused-ring (bicyclic) bond motifs is 1. The van der Waals surface area contributed by atoms with Crippen molar-refractivity contribution >= 4 is 17.3 Å². The van der Waals surface area contributed by atoms with Crippen LogP contribution in [0.25, 0.3) is 0 Å². The molecule has 7 heteroatoms. The molecule has 0 saturated carbocycles. The predicted octanol–water partition coefficient (Wildman–Crippen LogP) is 0.670. The van der Waals surface area contributed by atoms with Crippen molar-refractivity contribution < 1.29 is 4.79 Å². The summed E-state index contributed by atoms with van der Waals surface area (Å²) >= 11 is 0. The van der Waals surface area contributed by atoms with E-state index in [0.29, 0.717) is 0 Å². The third kappa shape index (κ3) is 2.70. The van der Waals surface area contributed by atoms with Gasteiger partial charge in [-0.05, 0) is 47.0 Å². The Balaban J connectivity index is 1.67. The number of hydrogen-bond donors (Lipinski definition) is 2. The topological polar surface area (TPSA) is 84.7 Å². The zero-order valence-corrected chi connectivity index (χ0v) is 10.3. The van der Waals surface area contributed by atoms with Crippen molar-refractivity contribution in [1.82, 2.24) is 20.2 Å². The first-order valence-corrected chi connectivity index (χ1v) is 6.19. The smallest absolute Gasteiger partial charge is 0.246 e. The Morgan fingerprint density at radius 3 is 3.26 bits per heavy atom. The normalized spacial score (nSPS) is 13.5. The van der Waals surface area contributed by atoms with E-state index in [2.05, 4.69) is 26.2 Å². The first kappa shape index (κ1) is 11.6. The van der Waals surface area contributed by atoms with Gasteiger partial charge < -0.3 is 10.6 Å². The minimum absolute atomic E-state index is 0.113. The molecule has 7 nitrogen and oxygen atoms in total. The average Bonchev–Trinajstić information content (AvgIpc) is 2.91. The number of benzene rings is 1. The van der Waals surface area contributed by atoms with Crippen molar-refractivity contribution in [2.75, 3.05) is 17.2 Å². The first-order chi connectivity index (χ1) is 9.31. The maximum atomic E-state index is 11.8. The zero-order chi connectivity index (χ0) is 13.1. The average molecular weight is 258 g/mol.